The van der Waals surface area contributed by atoms with Crippen molar-refractivity contribution in [2.24, 2.45) is 5.92 Å². The minimum Gasteiger partial charge on any atom is -0.395 e. The number of aliphatic hydroxyl groups excluding tert-OH is 1. The molecule has 0 amide bonds. The Morgan fingerprint density at radius 2 is 2.10 bits per heavy atom. The number of rotatable bonds is 7. The van der Waals surface area contributed by atoms with Gasteiger partial charge < -0.3 is 5.11 Å². The summed E-state index contributed by atoms with van der Waals surface area (Å²) < 4.78 is 26.8. The van der Waals surface area contributed by atoms with E-state index in [-0.39, 0.29) is 22.4 Å². The number of nitro groups is 1. The first-order valence-corrected chi connectivity index (χ1v) is 8.16. The summed E-state index contributed by atoms with van der Waals surface area (Å²) in [4.78, 5) is 9.79. The maximum absolute atomic E-state index is 12.2. The minimum absolute atomic E-state index is 0.0768. The molecule has 2 atom stereocenters. The molecular weight excluding hydrogens is 320 g/mol. The van der Waals surface area contributed by atoms with E-state index < -0.39 is 26.7 Å². The van der Waals surface area contributed by atoms with Crippen LogP contribution in [0.3, 0.4) is 0 Å². The summed E-state index contributed by atoms with van der Waals surface area (Å²) in [7, 11) is -3.97. The molecule has 0 aliphatic heterocycles. The monoisotopic (exact) mass is 336 g/mol. The molecule has 7 nitrogen and oxygen atoms in total. The average molecular weight is 337 g/mol. The number of benzene rings is 1. The summed E-state index contributed by atoms with van der Waals surface area (Å²) in [6.07, 6.45) is 0.675. The summed E-state index contributed by atoms with van der Waals surface area (Å²) in [6.45, 7) is 3.31. The Bertz CT molecular complexity index is 620. The smallest absolute Gasteiger partial charge is 0.289 e. The fourth-order valence-corrected chi connectivity index (χ4v) is 3.23. The van der Waals surface area contributed by atoms with Gasteiger partial charge in [0.05, 0.1) is 16.4 Å². The fourth-order valence-electron chi connectivity index (χ4n) is 1.68. The van der Waals surface area contributed by atoms with Gasteiger partial charge >= 0.3 is 0 Å². The van der Waals surface area contributed by atoms with Gasteiger partial charge in [-0.3, -0.25) is 10.1 Å². The van der Waals surface area contributed by atoms with Gasteiger partial charge in [0.2, 0.25) is 10.0 Å². The van der Waals surface area contributed by atoms with Crippen molar-refractivity contribution in [3.8, 4) is 0 Å². The van der Waals surface area contributed by atoms with Gasteiger partial charge in [0.1, 0.15) is 5.02 Å². The Labute approximate surface area is 128 Å². The Morgan fingerprint density at radius 1 is 1.48 bits per heavy atom. The van der Waals surface area contributed by atoms with Crippen LogP contribution in [0.25, 0.3) is 0 Å². The van der Waals surface area contributed by atoms with Gasteiger partial charge in [0, 0.05) is 12.1 Å². The molecule has 118 valence electrons. The third kappa shape index (κ3) is 4.37. The largest absolute Gasteiger partial charge is 0.395 e. The number of sulfonamides is 1. The molecule has 0 bridgehead atoms. The van der Waals surface area contributed by atoms with E-state index in [1.807, 2.05) is 6.92 Å². The molecule has 0 fully saturated rings. The lowest BCUT2D eigenvalue weighted by Crippen LogP contribution is -2.41. The highest BCUT2D eigenvalue weighted by Gasteiger charge is 2.25. The van der Waals surface area contributed by atoms with Crippen LogP contribution in [0.2, 0.25) is 5.02 Å². The molecule has 1 aromatic rings. The van der Waals surface area contributed by atoms with Crippen LogP contribution < -0.4 is 4.72 Å². The van der Waals surface area contributed by atoms with Crippen molar-refractivity contribution >= 4 is 27.3 Å². The zero-order valence-corrected chi connectivity index (χ0v) is 13.2. The van der Waals surface area contributed by atoms with Crippen LogP contribution in [0.5, 0.6) is 0 Å². The quantitative estimate of drug-likeness (QED) is 0.584. The lowest BCUT2D eigenvalue weighted by molar-refractivity contribution is -0.384. The van der Waals surface area contributed by atoms with Gasteiger partial charge in [0.15, 0.2) is 0 Å². The maximum atomic E-state index is 12.2. The molecule has 0 aromatic heterocycles. The van der Waals surface area contributed by atoms with Crippen molar-refractivity contribution in [1.29, 1.82) is 0 Å². The van der Waals surface area contributed by atoms with E-state index in [1.54, 1.807) is 6.92 Å². The normalized spacial score (nSPS) is 14.7. The Hall–Kier alpha value is -1.22. The van der Waals surface area contributed by atoms with E-state index >= 15 is 0 Å². The van der Waals surface area contributed by atoms with Crippen molar-refractivity contribution in [1.82, 2.24) is 4.72 Å². The van der Waals surface area contributed by atoms with Gasteiger partial charge in [-0.1, -0.05) is 31.9 Å². The molecule has 0 unspecified atom stereocenters. The summed E-state index contributed by atoms with van der Waals surface area (Å²) in [5, 5.41) is 19.9. The SMILES string of the molecule is CC[C@H](C)[C@@H](CO)NS(=O)(=O)c1ccc(Cl)c([N+](=O)[O-])c1. The Kier molecular flexibility index (Phi) is 6.09. The van der Waals surface area contributed by atoms with Crippen molar-refractivity contribution in [3.05, 3.63) is 33.3 Å². The van der Waals surface area contributed by atoms with Gasteiger partial charge in [-0.05, 0) is 18.1 Å². The third-order valence-electron chi connectivity index (χ3n) is 3.26. The van der Waals surface area contributed by atoms with E-state index in [0.29, 0.717) is 6.42 Å². The van der Waals surface area contributed by atoms with Crippen molar-refractivity contribution < 1.29 is 18.4 Å². The highest BCUT2D eigenvalue weighted by atomic mass is 35.5. The molecule has 0 saturated carbocycles. The van der Waals surface area contributed by atoms with Gasteiger partial charge in [-0.25, -0.2) is 13.1 Å². The predicted octanol–water partition coefficient (Wildman–Crippen LogP) is 1.93. The molecule has 9 heteroatoms. The minimum atomic E-state index is -3.97. The van der Waals surface area contributed by atoms with Crippen LogP contribution in [0.15, 0.2) is 23.1 Å². The number of hydrogen-bond donors (Lipinski definition) is 2. The Morgan fingerprint density at radius 3 is 2.57 bits per heavy atom. The van der Waals surface area contributed by atoms with Crippen molar-refractivity contribution in [2.45, 2.75) is 31.2 Å². The van der Waals surface area contributed by atoms with E-state index in [4.69, 9.17) is 11.6 Å². The number of nitrogens with zero attached hydrogens (tertiary/aromatic N) is 1. The average Bonchev–Trinajstić information content (AvgIpc) is 2.43. The molecule has 21 heavy (non-hydrogen) atoms. The second kappa shape index (κ2) is 7.17. The van der Waals surface area contributed by atoms with Crippen LogP contribution in [-0.2, 0) is 10.0 Å². The molecule has 0 aliphatic rings. The number of nitrogens with one attached hydrogen (secondary N) is 1. The maximum Gasteiger partial charge on any atom is 0.289 e. The highest BCUT2D eigenvalue weighted by molar-refractivity contribution is 7.89. The first-order valence-electron chi connectivity index (χ1n) is 6.30. The van der Waals surface area contributed by atoms with Crippen LogP contribution in [0.1, 0.15) is 20.3 Å². The molecule has 1 aromatic carbocycles. The van der Waals surface area contributed by atoms with Gasteiger partial charge in [0.25, 0.3) is 5.69 Å². The zero-order chi connectivity index (χ0) is 16.2. The number of aliphatic hydroxyl groups is 1. The molecule has 2 N–H and O–H groups in total. The third-order valence-corrected chi connectivity index (χ3v) is 5.07. The number of halogens is 1. The second-order valence-electron chi connectivity index (χ2n) is 4.67. The first-order chi connectivity index (χ1) is 9.72. The lowest BCUT2D eigenvalue weighted by atomic mass is 10.0. The van der Waals surface area contributed by atoms with E-state index in [1.165, 1.54) is 6.07 Å². The van der Waals surface area contributed by atoms with Gasteiger partial charge in [-0.15, -0.1) is 0 Å². The second-order valence-corrected chi connectivity index (χ2v) is 6.79. The van der Waals surface area contributed by atoms with Crippen LogP contribution >= 0.6 is 11.6 Å². The van der Waals surface area contributed by atoms with E-state index in [2.05, 4.69) is 4.72 Å². The summed E-state index contributed by atoms with van der Waals surface area (Å²) >= 11 is 5.65. The molecule has 0 spiro atoms. The van der Waals surface area contributed by atoms with E-state index in [9.17, 15) is 23.6 Å². The highest BCUT2D eigenvalue weighted by Crippen LogP contribution is 2.27. The molecule has 0 saturated heterocycles. The Balaban J connectivity index is 3.13. The standard InChI is InChI=1S/C12H17ClN2O5S/c1-3-8(2)11(7-16)14-21(19,20)9-4-5-10(13)12(6-9)15(17)18/h4-6,8,11,14,16H,3,7H2,1-2H3/t8-,11+/m0/s1. The summed E-state index contributed by atoms with van der Waals surface area (Å²) in [5.41, 5.74) is -0.483. The topological polar surface area (TPSA) is 110 Å². The van der Waals surface area contributed by atoms with E-state index in [0.717, 1.165) is 12.1 Å². The lowest BCUT2D eigenvalue weighted by Gasteiger charge is -2.21. The first kappa shape index (κ1) is 17.8. The van der Waals surface area contributed by atoms with Crippen LogP contribution in [-0.4, -0.2) is 31.1 Å². The van der Waals surface area contributed by atoms with Crippen molar-refractivity contribution in [2.75, 3.05) is 6.61 Å². The molecule has 0 radical (unpaired) electrons. The molecule has 0 heterocycles. The summed E-state index contributed by atoms with van der Waals surface area (Å²) in [5.74, 6) is -0.0768. The van der Waals surface area contributed by atoms with Gasteiger partial charge in [-0.2, -0.15) is 0 Å². The number of nitro benzene ring substituents is 1. The molecular formula is C12H17ClN2O5S. The zero-order valence-electron chi connectivity index (χ0n) is 11.6. The van der Waals surface area contributed by atoms with Crippen molar-refractivity contribution in [3.63, 3.8) is 0 Å². The molecule has 1 rings (SSSR count). The summed E-state index contributed by atoms with van der Waals surface area (Å²) in [6, 6.07) is 2.58. The van der Waals surface area contributed by atoms with Crippen LogP contribution in [0.4, 0.5) is 5.69 Å². The molecule has 0 aliphatic carbocycles. The predicted molar refractivity (Wildman–Crippen MR) is 78.8 cm³/mol. The number of hydrogen-bond acceptors (Lipinski definition) is 5. The van der Waals surface area contributed by atoms with Crippen LogP contribution in [0, 0.1) is 16.0 Å². The fraction of sp³-hybridized carbons (Fsp3) is 0.500.